The third-order valence-corrected chi connectivity index (χ3v) is 6.95. The van der Waals surface area contributed by atoms with Crippen LogP contribution in [0.4, 0.5) is 0 Å². The fourth-order valence-electron chi connectivity index (χ4n) is 5.65. The summed E-state index contributed by atoms with van der Waals surface area (Å²) in [5, 5.41) is 0. The van der Waals surface area contributed by atoms with Gasteiger partial charge in [0.25, 0.3) is 0 Å². The molecule has 2 aliphatic carbocycles. The minimum atomic E-state index is 0.144. The lowest BCUT2D eigenvalue weighted by Gasteiger charge is -2.41. The van der Waals surface area contributed by atoms with Crippen molar-refractivity contribution in [3.8, 4) is 0 Å². The van der Waals surface area contributed by atoms with E-state index in [2.05, 4.69) is 9.80 Å². The van der Waals surface area contributed by atoms with Crippen LogP contribution in [0.15, 0.2) is 0 Å². The van der Waals surface area contributed by atoms with Gasteiger partial charge in [-0.2, -0.15) is 0 Å². The van der Waals surface area contributed by atoms with Gasteiger partial charge in [0.05, 0.1) is 5.92 Å². The predicted molar refractivity (Wildman–Crippen MR) is 87.3 cm³/mol. The molecule has 2 N–H and O–H groups in total. The molecular formula is C18H31N3O. The van der Waals surface area contributed by atoms with E-state index >= 15 is 0 Å². The Morgan fingerprint density at radius 2 is 1.55 bits per heavy atom. The van der Waals surface area contributed by atoms with Gasteiger partial charge >= 0.3 is 0 Å². The lowest BCUT2D eigenvalue weighted by molar-refractivity contribution is -0.139. The van der Waals surface area contributed by atoms with Gasteiger partial charge < -0.3 is 15.5 Å². The first-order chi connectivity index (χ1) is 10.7. The second kappa shape index (κ2) is 6.12. The van der Waals surface area contributed by atoms with E-state index in [1.807, 2.05) is 0 Å². The van der Waals surface area contributed by atoms with Gasteiger partial charge in [0.15, 0.2) is 0 Å². The molecule has 4 fully saturated rings. The molecule has 0 spiro atoms. The number of nitrogens with two attached hydrogens (primary N) is 1. The van der Waals surface area contributed by atoms with Gasteiger partial charge in [-0.1, -0.05) is 6.42 Å². The third-order valence-electron chi connectivity index (χ3n) is 6.95. The molecule has 0 aromatic rings. The second-order valence-electron chi connectivity index (χ2n) is 8.09. The topological polar surface area (TPSA) is 49.6 Å². The first-order valence-electron chi connectivity index (χ1n) is 9.52. The number of hydrogen-bond donors (Lipinski definition) is 1. The minimum Gasteiger partial charge on any atom is -0.342 e. The molecule has 0 aromatic heterocycles. The molecule has 2 bridgehead atoms. The van der Waals surface area contributed by atoms with Gasteiger partial charge in [0.1, 0.15) is 0 Å². The zero-order chi connectivity index (χ0) is 15.1. The maximum Gasteiger partial charge on any atom is 0.227 e. The summed E-state index contributed by atoms with van der Waals surface area (Å²) in [5.74, 6) is 1.75. The van der Waals surface area contributed by atoms with E-state index < -0.39 is 0 Å². The monoisotopic (exact) mass is 305 g/mol. The molecule has 4 aliphatic rings. The number of amides is 1. The first kappa shape index (κ1) is 14.9. The molecule has 4 rings (SSSR count). The van der Waals surface area contributed by atoms with Crippen molar-refractivity contribution in [3.63, 3.8) is 0 Å². The number of rotatable bonds is 2. The average Bonchev–Trinajstić information content (AvgIpc) is 3.16. The highest BCUT2D eigenvalue weighted by Crippen LogP contribution is 2.48. The Morgan fingerprint density at radius 1 is 0.864 bits per heavy atom. The van der Waals surface area contributed by atoms with Gasteiger partial charge in [0, 0.05) is 25.2 Å². The Bertz CT molecular complexity index is 411. The molecular weight excluding hydrogens is 274 g/mol. The van der Waals surface area contributed by atoms with Crippen LogP contribution in [-0.4, -0.2) is 54.0 Å². The average molecular weight is 305 g/mol. The van der Waals surface area contributed by atoms with Crippen molar-refractivity contribution in [1.29, 1.82) is 0 Å². The van der Waals surface area contributed by atoms with Crippen LogP contribution in [0.25, 0.3) is 0 Å². The van der Waals surface area contributed by atoms with Gasteiger partial charge in [-0.15, -0.1) is 0 Å². The van der Waals surface area contributed by atoms with Gasteiger partial charge in [-0.3, -0.25) is 4.79 Å². The zero-order valence-corrected chi connectivity index (χ0v) is 13.8. The number of hydrogen-bond acceptors (Lipinski definition) is 3. The van der Waals surface area contributed by atoms with Crippen molar-refractivity contribution in [2.45, 2.75) is 63.5 Å². The molecule has 1 amide bonds. The molecule has 4 unspecified atom stereocenters. The minimum absolute atomic E-state index is 0.144. The Kier molecular flexibility index (Phi) is 4.16. The summed E-state index contributed by atoms with van der Waals surface area (Å²) in [4.78, 5) is 17.7. The van der Waals surface area contributed by atoms with Crippen LogP contribution in [0.5, 0.6) is 0 Å². The summed E-state index contributed by atoms with van der Waals surface area (Å²) in [6, 6.07) is 0.865. The molecule has 2 heterocycles. The van der Waals surface area contributed by atoms with E-state index in [1.165, 1.54) is 64.5 Å². The van der Waals surface area contributed by atoms with E-state index in [0.717, 1.165) is 19.1 Å². The highest BCUT2D eigenvalue weighted by atomic mass is 16.2. The second-order valence-corrected chi connectivity index (χ2v) is 8.09. The first-order valence-corrected chi connectivity index (χ1v) is 9.52. The maximum atomic E-state index is 12.9. The molecule has 22 heavy (non-hydrogen) atoms. The van der Waals surface area contributed by atoms with Crippen LogP contribution < -0.4 is 5.73 Å². The summed E-state index contributed by atoms with van der Waals surface area (Å²) < 4.78 is 0. The zero-order valence-electron chi connectivity index (χ0n) is 13.8. The van der Waals surface area contributed by atoms with Crippen molar-refractivity contribution in [2.24, 2.45) is 23.5 Å². The molecule has 124 valence electrons. The van der Waals surface area contributed by atoms with Gasteiger partial charge in [-0.25, -0.2) is 0 Å². The molecule has 0 radical (unpaired) electrons. The lowest BCUT2D eigenvalue weighted by atomic mass is 9.83. The fourth-order valence-corrected chi connectivity index (χ4v) is 5.65. The summed E-state index contributed by atoms with van der Waals surface area (Å²) in [6.45, 7) is 4.47. The number of nitrogens with zero attached hydrogens (tertiary/aromatic N) is 2. The summed E-state index contributed by atoms with van der Waals surface area (Å²) in [7, 11) is 0. The summed E-state index contributed by atoms with van der Waals surface area (Å²) in [6.07, 6.45) is 10.2. The number of piperidine rings is 2. The van der Waals surface area contributed by atoms with Crippen molar-refractivity contribution < 1.29 is 4.79 Å². The van der Waals surface area contributed by atoms with Crippen LogP contribution in [-0.2, 0) is 4.79 Å². The largest absolute Gasteiger partial charge is 0.342 e. The lowest BCUT2D eigenvalue weighted by Crippen LogP contribution is -2.52. The molecule has 4 heteroatoms. The molecule has 4 nitrogen and oxygen atoms in total. The molecule has 2 aliphatic heterocycles. The third kappa shape index (κ3) is 2.58. The van der Waals surface area contributed by atoms with Crippen LogP contribution in [0, 0.1) is 17.8 Å². The SMILES string of the molecule is NC1C2CCC(C2)C1C(=O)N1CCC(N2CCCCC2)CC1. The van der Waals surface area contributed by atoms with Crippen molar-refractivity contribution in [2.75, 3.05) is 26.2 Å². The van der Waals surface area contributed by atoms with Crippen LogP contribution in [0.2, 0.25) is 0 Å². The van der Waals surface area contributed by atoms with Crippen LogP contribution in [0.3, 0.4) is 0 Å². The molecule has 4 atom stereocenters. The number of fused-ring (bicyclic) bond motifs is 2. The Labute approximate surface area is 134 Å². The van der Waals surface area contributed by atoms with E-state index in [0.29, 0.717) is 17.7 Å². The Balaban J connectivity index is 1.32. The van der Waals surface area contributed by atoms with Gasteiger partial charge in [0.2, 0.25) is 5.91 Å². The fraction of sp³-hybridized carbons (Fsp3) is 0.944. The van der Waals surface area contributed by atoms with Crippen molar-refractivity contribution >= 4 is 5.91 Å². The van der Waals surface area contributed by atoms with E-state index in [9.17, 15) is 4.79 Å². The van der Waals surface area contributed by atoms with E-state index in [-0.39, 0.29) is 12.0 Å². The standard InChI is InChI=1S/C18H31N3O/c19-17-14-5-4-13(12-14)16(17)18(22)21-10-6-15(7-11-21)20-8-2-1-3-9-20/h13-17H,1-12,19H2. The quantitative estimate of drug-likeness (QED) is 0.847. The summed E-state index contributed by atoms with van der Waals surface area (Å²) >= 11 is 0. The molecule has 0 aromatic carbocycles. The Hall–Kier alpha value is -0.610. The Morgan fingerprint density at radius 3 is 2.18 bits per heavy atom. The number of carbonyl (C=O) groups is 1. The van der Waals surface area contributed by atoms with Gasteiger partial charge in [-0.05, 0) is 69.9 Å². The van der Waals surface area contributed by atoms with Crippen LogP contribution in [0.1, 0.15) is 51.4 Å². The number of carbonyl (C=O) groups excluding carboxylic acids is 1. The van der Waals surface area contributed by atoms with Crippen LogP contribution >= 0.6 is 0 Å². The maximum absolute atomic E-state index is 12.9. The van der Waals surface area contributed by atoms with Crippen molar-refractivity contribution in [3.05, 3.63) is 0 Å². The molecule has 2 saturated heterocycles. The summed E-state index contributed by atoms with van der Waals surface area (Å²) in [5.41, 5.74) is 6.36. The number of likely N-dealkylation sites (tertiary alicyclic amines) is 2. The predicted octanol–water partition coefficient (Wildman–Crippen LogP) is 1.84. The highest BCUT2D eigenvalue weighted by molar-refractivity contribution is 5.80. The smallest absolute Gasteiger partial charge is 0.227 e. The van der Waals surface area contributed by atoms with E-state index in [1.54, 1.807) is 0 Å². The molecule has 2 saturated carbocycles. The normalized spacial score (nSPS) is 40.3. The van der Waals surface area contributed by atoms with E-state index in [4.69, 9.17) is 5.73 Å². The highest BCUT2D eigenvalue weighted by Gasteiger charge is 2.50. The van der Waals surface area contributed by atoms with Crippen molar-refractivity contribution in [1.82, 2.24) is 9.80 Å².